The van der Waals surface area contributed by atoms with Crippen molar-refractivity contribution < 1.29 is 14.5 Å². The number of nitrogens with one attached hydrogen (secondary N) is 1. The largest absolute Gasteiger partial charge is 0.468 e. The van der Waals surface area contributed by atoms with Crippen molar-refractivity contribution in [2.45, 2.75) is 25.4 Å². The minimum Gasteiger partial charge on any atom is -0.468 e. The number of nitro groups is 1. The summed E-state index contributed by atoms with van der Waals surface area (Å²) in [4.78, 5) is 21.8. The van der Waals surface area contributed by atoms with E-state index in [1.165, 1.54) is 19.2 Å². The molecule has 1 aliphatic rings. The standard InChI is InChI=1S/C13H16N2O4/c1-19-13(16)12(10-5-6-10)14-8-9-3-2-4-11(7-9)15(17)18/h2-4,7,10,12,14H,5-6,8H2,1H3. The van der Waals surface area contributed by atoms with E-state index in [1.54, 1.807) is 12.1 Å². The van der Waals surface area contributed by atoms with E-state index in [1.807, 2.05) is 0 Å². The van der Waals surface area contributed by atoms with Crippen molar-refractivity contribution in [2.75, 3.05) is 7.11 Å². The Bertz CT molecular complexity index is 485. The van der Waals surface area contributed by atoms with E-state index < -0.39 is 4.92 Å². The van der Waals surface area contributed by atoms with Crippen LogP contribution in [0.5, 0.6) is 0 Å². The molecule has 0 bridgehead atoms. The zero-order valence-corrected chi connectivity index (χ0v) is 10.7. The Labute approximate surface area is 110 Å². The molecule has 2 rings (SSSR count). The molecule has 0 saturated heterocycles. The number of nitro benzene ring substituents is 1. The minimum absolute atomic E-state index is 0.0559. The molecule has 102 valence electrons. The fourth-order valence-corrected chi connectivity index (χ4v) is 2.01. The Balaban J connectivity index is 1.98. The summed E-state index contributed by atoms with van der Waals surface area (Å²) < 4.78 is 4.75. The number of ether oxygens (including phenoxy) is 1. The monoisotopic (exact) mass is 264 g/mol. The summed E-state index contributed by atoms with van der Waals surface area (Å²) in [6.07, 6.45) is 2.03. The van der Waals surface area contributed by atoms with Gasteiger partial charge in [-0.3, -0.25) is 14.9 Å². The lowest BCUT2D eigenvalue weighted by Crippen LogP contribution is -2.39. The first-order chi connectivity index (χ1) is 9.11. The molecule has 0 spiro atoms. The van der Waals surface area contributed by atoms with E-state index in [-0.39, 0.29) is 17.7 Å². The number of nitrogens with zero attached hydrogens (tertiary/aromatic N) is 1. The van der Waals surface area contributed by atoms with Gasteiger partial charge in [0.05, 0.1) is 12.0 Å². The second kappa shape index (κ2) is 5.79. The van der Waals surface area contributed by atoms with Crippen LogP contribution in [0.1, 0.15) is 18.4 Å². The molecule has 0 aliphatic heterocycles. The molecule has 0 aromatic heterocycles. The fourth-order valence-electron chi connectivity index (χ4n) is 2.01. The lowest BCUT2D eigenvalue weighted by molar-refractivity contribution is -0.384. The van der Waals surface area contributed by atoms with Gasteiger partial charge in [-0.05, 0) is 24.3 Å². The fraction of sp³-hybridized carbons (Fsp3) is 0.462. The van der Waals surface area contributed by atoms with Crippen molar-refractivity contribution in [3.63, 3.8) is 0 Å². The first kappa shape index (κ1) is 13.5. The van der Waals surface area contributed by atoms with Crippen molar-refractivity contribution in [1.82, 2.24) is 5.32 Å². The molecule has 0 amide bonds. The van der Waals surface area contributed by atoms with Crippen LogP contribution in [0.4, 0.5) is 5.69 Å². The third-order valence-corrected chi connectivity index (χ3v) is 3.20. The van der Waals surface area contributed by atoms with Gasteiger partial charge < -0.3 is 10.1 Å². The molecule has 6 heteroatoms. The summed E-state index contributed by atoms with van der Waals surface area (Å²) in [5.41, 5.74) is 0.837. The predicted octanol–water partition coefficient (Wildman–Crippen LogP) is 1.64. The number of rotatable bonds is 6. The Kier molecular flexibility index (Phi) is 4.11. The number of hydrogen-bond donors (Lipinski definition) is 1. The molecule has 1 fully saturated rings. The number of carbonyl (C=O) groups excluding carboxylic acids is 1. The summed E-state index contributed by atoms with van der Waals surface area (Å²) in [5.74, 6) is 0.0547. The number of esters is 1. The van der Waals surface area contributed by atoms with Crippen molar-refractivity contribution >= 4 is 11.7 Å². The summed E-state index contributed by atoms with van der Waals surface area (Å²) >= 11 is 0. The third kappa shape index (κ3) is 3.51. The maximum atomic E-state index is 11.6. The second-order valence-electron chi connectivity index (χ2n) is 4.65. The van der Waals surface area contributed by atoms with Gasteiger partial charge in [-0.15, -0.1) is 0 Å². The quantitative estimate of drug-likeness (QED) is 0.480. The van der Waals surface area contributed by atoms with Gasteiger partial charge in [0.25, 0.3) is 5.69 Å². The molecule has 1 aliphatic carbocycles. The second-order valence-corrected chi connectivity index (χ2v) is 4.65. The van der Waals surface area contributed by atoms with Crippen molar-refractivity contribution in [3.8, 4) is 0 Å². The lowest BCUT2D eigenvalue weighted by atomic mass is 10.1. The maximum Gasteiger partial charge on any atom is 0.323 e. The first-order valence-electron chi connectivity index (χ1n) is 6.16. The molecule has 0 radical (unpaired) electrons. The van der Waals surface area contributed by atoms with Crippen LogP contribution in [-0.2, 0) is 16.1 Å². The lowest BCUT2D eigenvalue weighted by Gasteiger charge is -2.15. The smallest absolute Gasteiger partial charge is 0.323 e. The molecule has 1 aromatic carbocycles. The first-order valence-corrected chi connectivity index (χ1v) is 6.16. The average Bonchev–Trinajstić information content (AvgIpc) is 3.23. The Hall–Kier alpha value is -1.95. The number of benzene rings is 1. The van der Waals surface area contributed by atoms with Crippen molar-refractivity contribution in [3.05, 3.63) is 39.9 Å². The molecule has 1 unspecified atom stereocenters. The van der Waals surface area contributed by atoms with E-state index >= 15 is 0 Å². The molecule has 0 heterocycles. The highest BCUT2D eigenvalue weighted by molar-refractivity contribution is 5.76. The van der Waals surface area contributed by atoms with Gasteiger partial charge in [-0.1, -0.05) is 12.1 Å². The van der Waals surface area contributed by atoms with Crippen LogP contribution >= 0.6 is 0 Å². The number of hydrogen-bond acceptors (Lipinski definition) is 5. The van der Waals surface area contributed by atoms with E-state index in [2.05, 4.69) is 5.32 Å². The number of non-ortho nitro benzene ring substituents is 1. The van der Waals surface area contributed by atoms with Crippen LogP contribution < -0.4 is 5.32 Å². The maximum absolute atomic E-state index is 11.6. The Morgan fingerprint density at radius 2 is 2.32 bits per heavy atom. The minimum atomic E-state index is -0.428. The highest BCUT2D eigenvalue weighted by Gasteiger charge is 2.36. The van der Waals surface area contributed by atoms with Crippen LogP contribution in [0, 0.1) is 16.0 Å². The van der Waals surface area contributed by atoms with Crippen LogP contribution in [0.15, 0.2) is 24.3 Å². The van der Waals surface area contributed by atoms with E-state index in [0.717, 1.165) is 18.4 Å². The van der Waals surface area contributed by atoms with Gasteiger partial charge in [0.2, 0.25) is 0 Å². The summed E-state index contributed by atoms with van der Waals surface area (Å²) in [5, 5.41) is 13.8. The summed E-state index contributed by atoms with van der Waals surface area (Å²) in [7, 11) is 1.37. The summed E-state index contributed by atoms with van der Waals surface area (Å²) in [6, 6.07) is 6.07. The molecular formula is C13H16N2O4. The van der Waals surface area contributed by atoms with E-state index in [4.69, 9.17) is 4.74 Å². The normalized spacial score (nSPS) is 15.8. The Morgan fingerprint density at radius 1 is 1.58 bits per heavy atom. The highest BCUT2D eigenvalue weighted by Crippen LogP contribution is 2.33. The molecule has 1 saturated carbocycles. The van der Waals surface area contributed by atoms with Gasteiger partial charge in [-0.2, -0.15) is 0 Å². The number of methoxy groups -OCH3 is 1. The van der Waals surface area contributed by atoms with Gasteiger partial charge in [0.1, 0.15) is 6.04 Å². The zero-order valence-electron chi connectivity index (χ0n) is 10.7. The molecule has 1 atom stereocenters. The zero-order chi connectivity index (χ0) is 13.8. The molecular weight excluding hydrogens is 248 g/mol. The van der Waals surface area contributed by atoms with E-state index in [9.17, 15) is 14.9 Å². The molecule has 1 N–H and O–H groups in total. The van der Waals surface area contributed by atoms with E-state index in [0.29, 0.717) is 12.5 Å². The summed E-state index contributed by atoms with van der Waals surface area (Å²) in [6.45, 7) is 0.415. The topological polar surface area (TPSA) is 81.5 Å². The molecule has 6 nitrogen and oxygen atoms in total. The SMILES string of the molecule is COC(=O)C(NCc1cccc([N+](=O)[O-])c1)C1CC1. The highest BCUT2D eigenvalue weighted by atomic mass is 16.6. The van der Waals surface area contributed by atoms with Gasteiger partial charge in [-0.25, -0.2) is 0 Å². The van der Waals surface area contributed by atoms with Gasteiger partial charge in [0.15, 0.2) is 0 Å². The van der Waals surface area contributed by atoms with Crippen LogP contribution in [-0.4, -0.2) is 24.0 Å². The number of carbonyl (C=O) groups is 1. The molecule has 1 aromatic rings. The average molecular weight is 264 g/mol. The van der Waals surface area contributed by atoms with Crippen LogP contribution in [0.25, 0.3) is 0 Å². The predicted molar refractivity (Wildman–Crippen MR) is 68.5 cm³/mol. The third-order valence-electron chi connectivity index (χ3n) is 3.20. The molecule has 19 heavy (non-hydrogen) atoms. The van der Waals surface area contributed by atoms with Crippen LogP contribution in [0.3, 0.4) is 0 Å². The van der Waals surface area contributed by atoms with Crippen molar-refractivity contribution in [1.29, 1.82) is 0 Å². The van der Waals surface area contributed by atoms with Crippen LogP contribution in [0.2, 0.25) is 0 Å². The van der Waals surface area contributed by atoms with Gasteiger partial charge >= 0.3 is 5.97 Å². The van der Waals surface area contributed by atoms with Crippen molar-refractivity contribution in [2.24, 2.45) is 5.92 Å². The Morgan fingerprint density at radius 3 is 2.89 bits per heavy atom. The van der Waals surface area contributed by atoms with Gasteiger partial charge in [0, 0.05) is 18.7 Å².